The van der Waals surface area contributed by atoms with Crippen molar-refractivity contribution in [3.05, 3.63) is 29.3 Å². The van der Waals surface area contributed by atoms with E-state index in [1.54, 1.807) is 6.07 Å². The number of carbonyl (C=O) groups excluding carboxylic acids is 1. The number of rotatable bonds is 2. The number of hydrogen-bond donors (Lipinski definition) is 1. The van der Waals surface area contributed by atoms with Gasteiger partial charge in [-0.2, -0.15) is 0 Å². The number of aliphatic carboxylic acids is 1. The second kappa shape index (κ2) is 5.06. The summed E-state index contributed by atoms with van der Waals surface area (Å²) >= 11 is 0. The van der Waals surface area contributed by atoms with E-state index in [1.807, 2.05) is 19.1 Å². The number of ether oxygens (including phenoxy) is 1. The Hall–Kier alpha value is -2.04. The van der Waals surface area contributed by atoms with E-state index in [0.717, 1.165) is 12.0 Å². The van der Waals surface area contributed by atoms with Crippen molar-refractivity contribution >= 4 is 11.9 Å². The van der Waals surface area contributed by atoms with Gasteiger partial charge in [-0.1, -0.05) is 19.1 Å². The molecule has 2 aliphatic heterocycles. The Labute approximate surface area is 123 Å². The van der Waals surface area contributed by atoms with Gasteiger partial charge in [-0.3, -0.25) is 4.79 Å². The normalized spacial score (nSPS) is 27.3. The number of likely N-dealkylation sites (tertiary alicyclic amines) is 1. The van der Waals surface area contributed by atoms with Crippen molar-refractivity contribution in [2.75, 3.05) is 6.54 Å². The number of hydrogen-bond acceptors (Lipinski definition) is 3. The highest BCUT2D eigenvalue weighted by atomic mass is 16.5. The van der Waals surface area contributed by atoms with E-state index in [0.29, 0.717) is 24.3 Å². The van der Waals surface area contributed by atoms with Gasteiger partial charge in [-0.05, 0) is 25.8 Å². The molecule has 1 aromatic rings. The lowest BCUT2D eigenvalue weighted by Crippen LogP contribution is -2.40. The van der Waals surface area contributed by atoms with Gasteiger partial charge < -0.3 is 14.7 Å². The monoisotopic (exact) mass is 289 g/mol. The van der Waals surface area contributed by atoms with Crippen LogP contribution in [-0.4, -0.2) is 40.6 Å². The molecule has 21 heavy (non-hydrogen) atoms. The summed E-state index contributed by atoms with van der Waals surface area (Å²) in [5.41, 5.74) is 1.51. The molecule has 2 heterocycles. The lowest BCUT2D eigenvalue weighted by atomic mass is 9.96. The van der Waals surface area contributed by atoms with Gasteiger partial charge in [0.25, 0.3) is 5.91 Å². The minimum Gasteiger partial charge on any atom is -0.489 e. The topological polar surface area (TPSA) is 66.8 Å². The van der Waals surface area contributed by atoms with E-state index in [9.17, 15) is 14.7 Å². The first-order chi connectivity index (χ1) is 10.0. The lowest BCUT2D eigenvalue weighted by Gasteiger charge is -2.22. The maximum absolute atomic E-state index is 12.7. The molecule has 112 valence electrons. The Bertz CT molecular complexity index is 598. The first kappa shape index (κ1) is 13.9. The Kier molecular flexibility index (Phi) is 3.35. The highest BCUT2D eigenvalue weighted by Crippen LogP contribution is 2.41. The fourth-order valence-electron chi connectivity index (χ4n) is 3.18. The molecule has 5 nitrogen and oxygen atoms in total. The zero-order chi connectivity index (χ0) is 15.1. The summed E-state index contributed by atoms with van der Waals surface area (Å²) in [6.45, 7) is 4.54. The molecule has 0 aromatic heterocycles. The molecular weight excluding hydrogens is 270 g/mol. The van der Waals surface area contributed by atoms with E-state index in [-0.39, 0.29) is 17.9 Å². The van der Waals surface area contributed by atoms with Crippen LogP contribution in [0.3, 0.4) is 0 Å². The van der Waals surface area contributed by atoms with Crippen molar-refractivity contribution in [3.8, 4) is 5.75 Å². The summed E-state index contributed by atoms with van der Waals surface area (Å²) in [7, 11) is 0. The SMILES string of the molecule is CC1Oc2c(C(=O)N3CCCC3C(=O)O)cccc2C1C. The zero-order valence-electron chi connectivity index (χ0n) is 12.2. The summed E-state index contributed by atoms with van der Waals surface area (Å²) in [5.74, 6) is -0.311. The van der Waals surface area contributed by atoms with Gasteiger partial charge in [0.05, 0.1) is 5.56 Å². The van der Waals surface area contributed by atoms with Crippen molar-refractivity contribution in [3.63, 3.8) is 0 Å². The van der Waals surface area contributed by atoms with Crippen LogP contribution in [0.5, 0.6) is 5.75 Å². The third-order valence-corrected chi connectivity index (χ3v) is 4.57. The summed E-state index contributed by atoms with van der Waals surface area (Å²) in [5, 5.41) is 9.23. The Morgan fingerprint density at radius 2 is 2.10 bits per heavy atom. The molecular formula is C16H19NO4. The molecule has 0 bridgehead atoms. The minimum atomic E-state index is -0.934. The third kappa shape index (κ3) is 2.17. The van der Waals surface area contributed by atoms with Crippen molar-refractivity contribution in [2.45, 2.75) is 44.8 Å². The van der Waals surface area contributed by atoms with Crippen LogP contribution in [0.25, 0.3) is 0 Å². The molecule has 5 heteroatoms. The number of nitrogens with zero attached hydrogens (tertiary/aromatic N) is 1. The molecule has 3 unspecified atom stereocenters. The van der Waals surface area contributed by atoms with Crippen molar-refractivity contribution in [1.82, 2.24) is 4.90 Å². The number of benzene rings is 1. The van der Waals surface area contributed by atoms with Gasteiger partial charge in [0.15, 0.2) is 0 Å². The molecule has 0 saturated carbocycles. The summed E-state index contributed by atoms with van der Waals surface area (Å²) in [6.07, 6.45) is 1.28. The van der Waals surface area contributed by atoms with Crippen LogP contribution in [0.1, 0.15) is 48.5 Å². The smallest absolute Gasteiger partial charge is 0.326 e. The highest BCUT2D eigenvalue weighted by molar-refractivity contribution is 5.99. The Morgan fingerprint density at radius 3 is 2.81 bits per heavy atom. The maximum atomic E-state index is 12.7. The maximum Gasteiger partial charge on any atom is 0.326 e. The van der Waals surface area contributed by atoms with Gasteiger partial charge in [0.1, 0.15) is 17.9 Å². The van der Waals surface area contributed by atoms with Crippen LogP contribution < -0.4 is 4.74 Å². The van der Waals surface area contributed by atoms with Gasteiger partial charge in [0, 0.05) is 18.0 Å². The minimum absolute atomic E-state index is 0.0304. The Balaban J connectivity index is 1.95. The molecule has 0 radical (unpaired) electrons. The number of carboxylic acids is 1. The molecule has 3 atom stereocenters. The standard InChI is InChI=1S/C16H19NO4/c1-9-10(2)21-14-11(9)5-3-6-12(14)15(18)17-8-4-7-13(17)16(19)20/h3,5-6,9-10,13H,4,7-8H2,1-2H3,(H,19,20). The van der Waals surface area contributed by atoms with Crippen molar-refractivity contribution in [1.29, 1.82) is 0 Å². The lowest BCUT2D eigenvalue weighted by molar-refractivity contribution is -0.141. The van der Waals surface area contributed by atoms with Crippen molar-refractivity contribution < 1.29 is 19.4 Å². The second-order valence-electron chi connectivity index (χ2n) is 5.83. The van der Waals surface area contributed by atoms with Crippen LogP contribution in [0, 0.1) is 0 Å². The molecule has 0 aliphatic carbocycles. The summed E-state index contributed by atoms with van der Waals surface area (Å²) in [6, 6.07) is 4.82. The fourth-order valence-corrected chi connectivity index (χ4v) is 3.18. The molecule has 1 amide bonds. The summed E-state index contributed by atoms with van der Waals surface area (Å²) in [4.78, 5) is 25.4. The van der Waals surface area contributed by atoms with Crippen LogP contribution in [-0.2, 0) is 4.79 Å². The van der Waals surface area contributed by atoms with E-state index in [4.69, 9.17) is 4.74 Å². The Morgan fingerprint density at radius 1 is 1.33 bits per heavy atom. The van der Waals surface area contributed by atoms with E-state index in [2.05, 4.69) is 6.92 Å². The number of carboxylic acid groups (broad SMARTS) is 1. The van der Waals surface area contributed by atoms with Crippen LogP contribution in [0.15, 0.2) is 18.2 Å². The molecule has 1 N–H and O–H groups in total. The number of amides is 1. The average Bonchev–Trinajstić information content (AvgIpc) is 3.04. The molecule has 1 fully saturated rings. The number of fused-ring (bicyclic) bond motifs is 1. The van der Waals surface area contributed by atoms with Crippen molar-refractivity contribution in [2.24, 2.45) is 0 Å². The van der Waals surface area contributed by atoms with Gasteiger partial charge >= 0.3 is 5.97 Å². The molecule has 0 spiro atoms. The molecule has 1 saturated heterocycles. The molecule has 3 rings (SSSR count). The van der Waals surface area contributed by atoms with E-state index < -0.39 is 12.0 Å². The third-order valence-electron chi connectivity index (χ3n) is 4.57. The first-order valence-electron chi connectivity index (χ1n) is 7.34. The fraction of sp³-hybridized carbons (Fsp3) is 0.500. The molecule has 1 aromatic carbocycles. The van der Waals surface area contributed by atoms with Crippen LogP contribution in [0.2, 0.25) is 0 Å². The predicted molar refractivity (Wildman–Crippen MR) is 76.6 cm³/mol. The number of carbonyl (C=O) groups is 2. The van der Waals surface area contributed by atoms with E-state index >= 15 is 0 Å². The zero-order valence-corrected chi connectivity index (χ0v) is 12.2. The van der Waals surface area contributed by atoms with Crippen LogP contribution >= 0.6 is 0 Å². The summed E-state index contributed by atoms with van der Waals surface area (Å²) < 4.78 is 5.83. The highest BCUT2D eigenvalue weighted by Gasteiger charge is 2.38. The number of para-hydroxylation sites is 1. The first-order valence-corrected chi connectivity index (χ1v) is 7.34. The second-order valence-corrected chi connectivity index (χ2v) is 5.83. The quantitative estimate of drug-likeness (QED) is 0.907. The predicted octanol–water partition coefficient (Wildman–Crippen LogP) is 2.26. The molecule has 2 aliphatic rings. The average molecular weight is 289 g/mol. The van der Waals surface area contributed by atoms with Gasteiger partial charge in [0.2, 0.25) is 0 Å². The van der Waals surface area contributed by atoms with Gasteiger partial charge in [-0.15, -0.1) is 0 Å². The van der Waals surface area contributed by atoms with E-state index in [1.165, 1.54) is 4.90 Å². The van der Waals surface area contributed by atoms with Gasteiger partial charge in [-0.25, -0.2) is 4.79 Å². The van der Waals surface area contributed by atoms with Crippen LogP contribution in [0.4, 0.5) is 0 Å². The largest absolute Gasteiger partial charge is 0.489 e.